The minimum absolute atomic E-state index is 1.09. The molecule has 0 amide bonds. The Labute approximate surface area is 125 Å². The standard InChI is InChI=1S/C16H14Br2/c17-15-9-11-1-5-13(15)8-4-12-2-6-14(7-3-11)16(18)10-12/h1-2,5-6,9-10H,3-4,7-8H2. The van der Waals surface area contributed by atoms with Crippen LogP contribution in [0, 0.1) is 0 Å². The van der Waals surface area contributed by atoms with Gasteiger partial charge in [0.2, 0.25) is 0 Å². The Morgan fingerprint density at radius 1 is 0.611 bits per heavy atom. The van der Waals surface area contributed by atoms with Gasteiger partial charge in [-0.05, 0) is 60.1 Å². The van der Waals surface area contributed by atoms with Crippen molar-refractivity contribution in [3.05, 3.63) is 67.6 Å². The van der Waals surface area contributed by atoms with Gasteiger partial charge in [-0.1, -0.05) is 56.1 Å². The molecule has 4 bridgehead atoms. The monoisotopic (exact) mass is 364 g/mol. The second-order valence-corrected chi connectivity index (χ2v) is 6.56. The molecular weight excluding hydrogens is 352 g/mol. The van der Waals surface area contributed by atoms with E-state index in [4.69, 9.17) is 0 Å². The zero-order valence-electron chi connectivity index (χ0n) is 10.0. The van der Waals surface area contributed by atoms with Gasteiger partial charge < -0.3 is 0 Å². The summed E-state index contributed by atoms with van der Waals surface area (Å²) in [5.41, 5.74) is 5.61. The van der Waals surface area contributed by atoms with Crippen LogP contribution < -0.4 is 0 Å². The van der Waals surface area contributed by atoms with E-state index in [0.717, 1.165) is 25.7 Å². The molecule has 2 aromatic carbocycles. The molecule has 0 aromatic heterocycles. The highest BCUT2D eigenvalue weighted by Crippen LogP contribution is 2.26. The summed E-state index contributed by atoms with van der Waals surface area (Å²) in [7, 11) is 0. The van der Waals surface area contributed by atoms with Crippen molar-refractivity contribution in [1.82, 2.24) is 0 Å². The highest BCUT2D eigenvalue weighted by atomic mass is 79.9. The van der Waals surface area contributed by atoms with Gasteiger partial charge >= 0.3 is 0 Å². The zero-order valence-corrected chi connectivity index (χ0v) is 13.2. The summed E-state index contributed by atoms with van der Waals surface area (Å²) in [6.45, 7) is 0. The first kappa shape index (κ1) is 12.4. The van der Waals surface area contributed by atoms with Crippen LogP contribution in [0.5, 0.6) is 0 Å². The van der Waals surface area contributed by atoms with E-state index in [1.807, 2.05) is 0 Å². The quantitative estimate of drug-likeness (QED) is 0.609. The van der Waals surface area contributed by atoms with E-state index in [1.54, 1.807) is 0 Å². The first-order valence-corrected chi connectivity index (χ1v) is 7.85. The molecule has 18 heavy (non-hydrogen) atoms. The smallest absolute Gasteiger partial charge is 0.0210 e. The number of benzene rings is 2. The normalized spacial score (nSPS) is 14.3. The molecule has 0 fully saturated rings. The average molecular weight is 366 g/mol. The van der Waals surface area contributed by atoms with Crippen molar-refractivity contribution in [2.24, 2.45) is 0 Å². The third-order valence-electron chi connectivity index (χ3n) is 3.60. The van der Waals surface area contributed by atoms with Crippen molar-refractivity contribution in [2.75, 3.05) is 0 Å². The fraction of sp³-hybridized carbons (Fsp3) is 0.250. The Morgan fingerprint density at radius 2 is 1.06 bits per heavy atom. The van der Waals surface area contributed by atoms with Crippen molar-refractivity contribution in [1.29, 1.82) is 0 Å². The number of aryl methyl sites for hydroxylation is 4. The van der Waals surface area contributed by atoms with Crippen molar-refractivity contribution >= 4 is 31.9 Å². The third kappa shape index (κ3) is 2.55. The second kappa shape index (κ2) is 5.18. The molecule has 0 heterocycles. The summed E-state index contributed by atoms with van der Waals surface area (Å²) in [5, 5.41) is 0. The molecule has 4 aliphatic carbocycles. The Kier molecular flexibility index (Phi) is 3.58. The third-order valence-corrected chi connectivity index (χ3v) is 5.08. The maximum absolute atomic E-state index is 3.69. The number of halogens is 2. The van der Waals surface area contributed by atoms with E-state index in [0.29, 0.717) is 0 Å². The molecule has 0 nitrogen and oxygen atoms in total. The first-order valence-electron chi connectivity index (χ1n) is 6.27. The van der Waals surface area contributed by atoms with Crippen LogP contribution in [0.4, 0.5) is 0 Å². The number of hydrogen-bond acceptors (Lipinski definition) is 0. The van der Waals surface area contributed by atoms with Gasteiger partial charge in [-0.25, -0.2) is 0 Å². The highest BCUT2D eigenvalue weighted by molar-refractivity contribution is 9.10. The van der Waals surface area contributed by atoms with Crippen LogP contribution in [-0.4, -0.2) is 0 Å². The molecule has 0 radical (unpaired) electrons. The Balaban J connectivity index is 2.03. The predicted molar refractivity (Wildman–Crippen MR) is 83.1 cm³/mol. The topological polar surface area (TPSA) is 0 Å². The lowest BCUT2D eigenvalue weighted by Crippen LogP contribution is -1.99. The van der Waals surface area contributed by atoms with Gasteiger partial charge in [0.1, 0.15) is 0 Å². The van der Waals surface area contributed by atoms with Gasteiger partial charge in [0.25, 0.3) is 0 Å². The van der Waals surface area contributed by atoms with Crippen LogP contribution in [-0.2, 0) is 25.7 Å². The number of rotatable bonds is 0. The van der Waals surface area contributed by atoms with Gasteiger partial charge in [-0.2, -0.15) is 0 Å². The lowest BCUT2D eigenvalue weighted by molar-refractivity contribution is 0.912. The molecule has 2 heteroatoms. The molecule has 0 spiro atoms. The molecule has 0 saturated carbocycles. The Bertz CT molecular complexity index is 534. The van der Waals surface area contributed by atoms with E-state index in [9.17, 15) is 0 Å². The lowest BCUT2D eigenvalue weighted by Gasteiger charge is -2.12. The van der Waals surface area contributed by atoms with Crippen molar-refractivity contribution in [2.45, 2.75) is 25.7 Å². The van der Waals surface area contributed by atoms with Crippen LogP contribution in [0.15, 0.2) is 45.3 Å². The average Bonchev–Trinajstić information content (AvgIpc) is 2.34. The maximum atomic E-state index is 3.69. The van der Waals surface area contributed by atoms with Gasteiger partial charge in [0, 0.05) is 8.95 Å². The molecule has 4 aliphatic rings. The molecule has 2 aromatic rings. The Morgan fingerprint density at radius 3 is 1.44 bits per heavy atom. The summed E-state index contributed by atoms with van der Waals surface area (Å²) in [5.74, 6) is 0. The molecule has 0 aliphatic heterocycles. The van der Waals surface area contributed by atoms with E-state index in [2.05, 4.69) is 68.3 Å². The van der Waals surface area contributed by atoms with E-state index < -0.39 is 0 Å². The van der Waals surface area contributed by atoms with Crippen LogP contribution >= 0.6 is 31.9 Å². The van der Waals surface area contributed by atoms with Gasteiger partial charge in [-0.3, -0.25) is 0 Å². The SMILES string of the molecule is Brc1cc2ccc1CCc1ccc(c(Br)c1)CC2. The van der Waals surface area contributed by atoms with Crippen LogP contribution in [0.3, 0.4) is 0 Å². The molecule has 0 atom stereocenters. The maximum Gasteiger partial charge on any atom is 0.0210 e. The summed E-state index contributed by atoms with van der Waals surface area (Å²) in [4.78, 5) is 0. The lowest BCUT2D eigenvalue weighted by atomic mass is 9.97. The fourth-order valence-corrected chi connectivity index (χ4v) is 3.71. The Hall–Kier alpha value is -0.600. The van der Waals surface area contributed by atoms with Crippen molar-refractivity contribution in [3.63, 3.8) is 0 Å². The minimum atomic E-state index is 1.09. The zero-order chi connectivity index (χ0) is 12.5. The van der Waals surface area contributed by atoms with E-state index >= 15 is 0 Å². The van der Waals surface area contributed by atoms with Crippen LogP contribution in [0.1, 0.15) is 22.3 Å². The summed E-state index contributed by atoms with van der Waals surface area (Å²) in [6, 6.07) is 13.6. The van der Waals surface area contributed by atoms with Gasteiger partial charge in [-0.15, -0.1) is 0 Å². The summed E-state index contributed by atoms with van der Waals surface area (Å²) in [6.07, 6.45) is 4.37. The van der Waals surface area contributed by atoms with Crippen molar-refractivity contribution < 1.29 is 0 Å². The largest absolute Gasteiger partial charge is 0.0587 e. The fourth-order valence-electron chi connectivity index (χ4n) is 2.46. The highest BCUT2D eigenvalue weighted by Gasteiger charge is 2.08. The number of hydrogen-bond donors (Lipinski definition) is 0. The van der Waals surface area contributed by atoms with Crippen molar-refractivity contribution in [3.8, 4) is 0 Å². The molecular formula is C16H14Br2. The first-order chi connectivity index (χ1) is 8.72. The molecule has 6 rings (SSSR count). The second-order valence-electron chi connectivity index (χ2n) is 4.85. The molecule has 0 N–H and O–H groups in total. The molecule has 92 valence electrons. The van der Waals surface area contributed by atoms with E-state index in [1.165, 1.54) is 31.2 Å². The summed E-state index contributed by atoms with van der Waals surface area (Å²) < 4.78 is 2.52. The predicted octanol–water partition coefficient (Wildman–Crippen LogP) is 5.10. The van der Waals surface area contributed by atoms with E-state index in [-0.39, 0.29) is 0 Å². The van der Waals surface area contributed by atoms with Crippen LogP contribution in [0.2, 0.25) is 0 Å². The van der Waals surface area contributed by atoms with Crippen LogP contribution in [0.25, 0.3) is 0 Å². The summed E-state index contributed by atoms with van der Waals surface area (Å²) >= 11 is 7.39. The minimum Gasteiger partial charge on any atom is -0.0587 e. The molecule has 0 saturated heterocycles. The van der Waals surface area contributed by atoms with Gasteiger partial charge in [0.15, 0.2) is 0 Å². The molecule has 0 unspecified atom stereocenters. The van der Waals surface area contributed by atoms with Gasteiger partial charge in [0.05, 0.1) is 0 Å².